The molecule has 0 fully saturated rings. The van der Waals surface area contributed by atoms with E-state index >= 15 is 0 Å². The molecule has 0 atom stereocenters. The van der Waals surface area contributed by atoms with Crippen LogP contribution in [0.15, 0.2) is 122 Å². The minimum atomic E-state index is 0.864. The molecular weight excluding hydrogens is 484 g/mol. The van der Waals surface area contributed by atoms with Crippen LogP contribution in [0.25, 0.3) is 70.3 Å². The number of fused-ring (bicyclic) bond motifs is 7. The van der Waals surface area contributed by atoms with Crippen molar-refractivity contribution in [2.24, 2.45) is 0 Å². The Labute approximate surface area is 222 Å². The fourth-order valence-corrected chi connectivity index (χ4v) is 6.54. The van der Waals surface area contributed by atoms with E-state index in [4.69, 9.17) is 9.97 Å². The lowest BCUT2D eigenvalue weighted by Gasteiger charge is -2.10. The minimum absolute atomic E-state index is 0.864. The monoisotopic (exact) mass is 504 g/mol. The maximum absolute atomic E-state index is 5.22. The summed E-state index contributed by atoms with van der Waals surface area (Å²) in [7, 11) is 0. The Bertz CT molecular complexity index is 2130. The Morgan fingerprint density at radius 3 is 2.39 bits per heavy atom. The van der Waals surface area contributed by atoms with Crippen molar-refractivity contribution in [1.29, 1.82) is 0 Å². The third kappa shape index (κ3) is 3.19. The van der Waals surface area contributed by atoms with Gasteiger partial charge in [0.1, 0.15) is 5.82 Å². The van der Waals surface area contributed by atoms with Gasteiger partial charge in [-0.2, -0.15) is 0 Å². The molecule has 0 bridgehead atoms. The highest BCUT2D eigenvalue weighted by Gasteiger charge is 2.20. The van der Waals surface area contributed by atoms with Crippen molar-refractivity contribution in [3.05, 3.63) is 122 Å². The second-order valence-electron chi connectivity index (χ2n) is 9.34. The third-order valence-electron chi connectivity index (χ3n) is 7.15. The average Bonchev–Trinajstić information content (AvgIpc) is 3.53. The fourth-order valence-electron chi connectivity index (χ4n) is 5.43. The normalized spacial score (nSPS) is 11.7. The van der Waals surface area contributed by atoms with E-state index in [0.29, 0.717) is 0 Å². The SMILES string of the molecule is c1ccc(-c2ccc3c(n2)c2ccc4sc5ccccc5c4c2n3-c2cc(-c3cccnc3)ccn2)cc1. The maximum Gasteiger partial charge on any atom is 0.138 e. The van der Waals surface area contributed by atoms with Gasteiger partial charge in [-0.15, -0.1) is 11.3 Å². The predicted molar refractivity (Wildman–Crippen MR) is 158 cm³/mol. The van der Waals surface area contributed by atoms with E-state index in [1.165, 1.54) is 20.2 Å². The van der Waals surface area contributed by atoms with Crippen LogP contribution in [0.1, 0.15) is 0 Å². The summed E-state index contributed by atoms with van der Waals surface area (Å²) in [6, 6.07) is 36.0. The van der Waals surface area contributed by atoms with Gasteiger partial charge < -0.3 is 0 Å². The number of rotatable bonds is 3. The molecule has 0 aliphatic carbocycles. The van der Waals surface area contributed by atoms with Gasteiger partial charge >= 0.3 is 0 Å². The molecular formula is C33H20N4S. The van der Waals surface area contributed by atoms with Gasteiger partial charge in [0.05, 0.1) is 22.2 Å². The molecule has 5 heterocycles. The Balaban J connectivity index is 1.51. The largest absolute Gasteiger partial charge is 0.291 e. The van der Waals surface area contributed by atoms with Crippen molar-refractivity contribution in [2.75, 3.05) is 0 Å². The number of nitrogens with zero attached hydrogens (tertiary/aromatic N) is 4. The number of aromatic nitrogens is 4. The van der Waals surface area contributed by atoms with Crippen LogP contribution in [0.3, 0.4) is 0 Å². The molecule has 8 aromatic rings. The molecule has 0 N–H and O–H groups in total. The number of hydrogen-bond acceptors (Lipinski definition) is 4. The molecule has 0 unspecified atom stereocenters. The predicted octanol–water partition coefficient (Wildman–Crippen LogP) is 8.67. The number of pyridine rings is 3. The van der Waals surface area contributed by atoms with Gasteiger partial charge in [0.25, 0.3) is 0 Å². The van der Waals surface area contributed by atoms with Gasteiger partial charge in [-0.3, -0.25) is 9.55 Å². The highest BCUT2D eigenvalue weighted by Crippen LogP contribution is 2.42. The Kier molecular flexibility index (Phi) is 4.66. The summed E-state index contributed by atoms with van der Waals surface area (Å²) in [5.74, 6) is 0.864. The molecule has 0 aliphatic rings. The second kappa shape index (κ2) is 8.33. The smallest absolute Gasteiger partial charge is 0.138 e. The van der Waals surface area contributed by atoms with Gasteiger partial charge in [-0.25, -0.2) is 9.97 Å². The molecule has 0 saturated heterocycles. The zero-order valence-electron chi connectivity index (χ0n) is 20.2. The standard InChI is InChI=1S/C33H20N4S/c1-2-7-21(8-3-1)26-13-14-27-32(36-26)25-12-15-29-31(24-10-4-5-11-28(24)38-29)33(25)37(27)30-19-22(16-18-35-30)23-9-6-17-34-20-23/h1-20H. The van der Waals surface area contributed by atoms with E-state index < -0.39 is 0 Å². The summed E-state index contributed by atoms with van der Waals surface area (Å²) in [4.78, 5) is 14.4. The zero-order valence-corrected chi connectivity index (χ0v) is 21.1. The van der Waals surface area contributed by atoms with Crippen LogP contribution in [0.4, 0.5) is 0 Å². The van der Waals surface area contributed by atoms with Gasteiger partial charge in [0.2, 0.25) is 0 Å². The summed E-state index contributed by atoms with van der Waals surface area (Å²) in [5, 5.41) is 3.63. The maximum atomic E-state index is 5.22. The molecule has 0 spiro atoms. The molecule has 4 nitrogen and oxygen atoms in total. The van der Waals surface area contributed by atoms with Crippen LogP contribution in [-0.4, -0.2) is 19.5 Å². The van der Waals surface area contributed by atoms with Crippen LogP contribution in [0, 0.1) is 0 Å². The van der Waals surface area contributed by atoms with Crippen molar-refractivity contribution in [3.63, 3.8) is 0 Å². The lowest BCUT2D eigenvalue weighted by Crippen LogP contribution is -1.98. The van der Waals surface area contributed by atoms with E-state index in [1.54, 1.807) is 6.20 Å². The van der Waals surface area contributed by atoms with E-state index in [0.717, 1.165) is 50.1 Å². The third-order valence-corrected chi connectivity index (χ3v) is 8.28. The van der Waals surface area contributed by atoms with E-state index in [-0.39, 0.29) is 0 Å². The van der Waals surface area contributed by atoms with Crippen LogP contribution in [0.5, 0.6) is 0 Å². The lowest BCUT2D eigenvalue weighted by atomic mass is 10.1. The average molecular weight is 505 g/mol. The molecule has 38 heavy (non-hydrogen) atoms. The minimum Gasteiger partial charge on any atom is -0.291 e. The molecule has 0 radical (unpaired) electrons. The van der Waals surface area contributed by atoms with Crippen molar-refractivity contribution >= 4 is 53.4 Å². The number of benzene rings is 3. The van der Waals surface area contributed by atoms with Crippen LogP contribution in [-0.2, 0) is 0 Å². The van der Waals surface area contributed by atoms with Gasteiger partial charge in [0, 0.05) is 55.3 Å². The van der Waals surface area contributed by atoms with Crippen molar-refractivity contribution in [3.8, 4) is 28.2 Å². The first kappa shape index (κ1) is 21.2. The Morgan fingerprint density at radius 2 is 1.50 bits per heavy atom. The summed E-state index contributed by atoms with van der Waals surface area (Å²) in [6.07, 6.45) is 5.57. The highest BCUT2D eigenvalue weighted by atomic mass is 32.1. The first-order valence-corrected chi connectivity index (χ1v) is 13.3. The molecule has 0 amide bonds. The summed E-state index contributed by atoms with van der Waals surface area (Å²) < 4.78 is 4.82. The Hall–Kier alpha value is -4.87. The van der Waals surface area contributed by atoms with E-state index in [2.05, 4.69) is 94.5 Å². The second-order valence-corrected chi connectivity index (χ2v) is 10.4. The first-order chi connectivity index (χ1) is 18.8. The van der Waals surface area contributed by atoms with Crippen molar-refractivity contribution < 1.29 is 0 Å². The van der Waals surface area contributed by atoms with Crippen molar-refractivity contribution in [2.45, 2.75) is 0 Å². The zero-order chi connectivity index (χ0) is 25.1. The van der Waals surface area contributed by atoms with Crippen LogP contribution >= 0.6 is 11.3 Å². The number of thiophene rings is 1. The molecule has 8 rings (SSSR count). The van der Waals surface area contributed by atoms with Gasteiger partial charge in [-0.05, 0) is 54.1 Å². The topological polar surface area (TPSA) is 43.6 Å². The van der Waals surface area contributed by atoms with Crippen LogP contribution < -0.4 is 0 Å². The first-order valence-electron chi connectivity index (χ1n) is 12.5. The van der Waals surface area contributed by atoms with E-state index in [1.807, 2.05) is 41.9 Å². The summed E-state index contributed by atoms with van der Waals surface area (Å²) >= 11 is 1.83. The Morgan fingerprint density at radius 1 is 0.632 bits per heavy atom. The quantitative estimate of drug-likeness (QED) is 0.242. The molecule has 3 aromatic carbocycles. The molecule has 5 heteroatoms. The number of hydrogen-bond donors (Lipinski definition) is 0. The molecule has 5 aromatic heterocycles. The van der Waals surface area contributed by atoms with Crippen molar-refractivity contribution in [1.82, 2.24) is 19.5 Å². The van der Waals surface area contributed by atoms with Crippen LogP contribution in [0.2, 0.25) is 0 Å². The molecule has 0 aliphatic heterocycles. The lowest BCUT2D eigenvalue weighted by molar-refractivity contribution is 1.08. The fraction of sp³-hybridized carbons (Fsp3) is 0. The summed E-state index contributed by atoms with van der Waals surface area (Å²) in [5.41, 5.74) is 7.37. The van der Waals surface area contributed by atoms with E-state index in [9.17, 15) is 0 Å². The molecule has 178 valence electrons. The van der Waals surface area contributed by atoms with Gasteiger partial charge in [-0.1, -0.05) is 54.6 Å². The highest BCUT2D eigenvalue weighted by molar-refractivity contribution is 7.26. The van der Waals surface area contributed by atoms with Gasteiger partial charge in [0.15, 0.2) is 0 Å². The molecule has 0 saturated carbocycles. The summed E-state index contributed by atoms with van der Waals surface area (Å²) in [6.45, 7) is 0.